The summed E-state index contributed by atoms with van der Waals surface area (Å²) in [6.07, 6.45) is 5.21. The van der Waals surface area contributed by atoms with Gasteiger partial charge in [-0.2, -0.15) is 0 Å². The molecule has 0 aromatic heterocycles. The summed E-state index contributed by atoms with van der Waals surface area (Å²) in [5.74, 6) is 0. The lowest BCUT2D eigenvalue weighted by molar-refractivity contribution is 0.0966. The highest BCUT2D eigenvalue weighted by atomic mass is 79.9. The van der Waals surface area contributed by atoms with E-state index < -0.39 is 0 Å². The molecule has 1 atom stereocenters. The molecule has 0 spiro atoms. The summed E-state index contributed by atoms with van der Waals surface area (Å²) >= 11 is 3.50. The lowest BCUT2D eigenvalue weighted by atomic mass is 9.75. The van der Waals surface area contributed by atoms with Crippen LogP contribution in [0.2, 0.25) is 0 Å². The first kappa shape index (κ1) is 16.0. The van der Waals surface area contributed by atoms with Crippen LogP contribution in [0.5, 0.6) is 0 Å². The van der Waals surface area contributed by atoms with Crippen molar-refractivity contribution in [1.29, 1.82) is 0 Å². The summed E-state index contributed by atoms with van der Waals surface area (Å²) in [5, 5.41) is 0. The summed E-state index contributed by atoms with van der Waals surface area (Å²) in [5.41, 5.74) is 7.89. The summed E-state index contributed by atoms with van der Waals surface area (Å²) in [6, 6.07) is 9.58. The van der Waals surface area contributed by atoms with Crippen LogP contribution in [0.15, 0.2) is 28.7 Å². The number of hydrogen-bond donors (Lipinski definition) is 1. The zero-order chi connectivity index (χ0) is 14.8. The van der Waals surface area contributed by atoms with E-state index in [4.69, 9.17) is 5.73 Å². The number of hydrogen-bond acceptors (Lipinski definition) is 2. The van der Waals surface area contributed by atoms with Gasteiger partial charge < -0.3 is 5.73 Å². The van der Waals surface area contributed by atoms with E-state index in [0.29, 0.717) is 24.0 Å². The minimum atomic E-state index is 0.328. The highest BCUT2D eigenvalue weighted by Gasteiger charge is 2.31. The van der Waals surface area contributed by atoms with Crippen LogP contribution < -0.4 is 5.73 Å². The van der Waals surface area contributed by atoms with Gasteiger partial charge in [0.25, 0.3) is 0 Å². The zero-order valence-corrected chi connectivity index (χ0v) is 14.5. The van der Waals surface area contributed by atoms with Gasteiger partial charge in [-0.05, 0) is 55.8 Å². The number of nitrogens with two attached hydrogens (primary N) is 1. The van der Waals surface area contributed by atoms with Crippen molar-refractivity contribution in [3.05, 3.63) is 34.3 Å². The summed E-state index contributed by atoms with van der Waals surface area (Å²) < 4.78 is 1.12. The number of benzene rings is 1. The largest absolute Gasteiger partial charge is 0.329 e. The molecule has 0 radical (unpaired) electrons. The van der Waals surface area contributed by atoms with E-state index in [1.165, 1.54) is 31.2 Å². The van der Waals surface area contributed by atoms with Gasteiger partial charge in [-0.25, -0.2) is 0 Å². The molecule has 3 heteroatoms. The Hall–Kier alpha value is -0.380. The second-order valence-electron chi connectivity index (χ2n) is 6.86. The van der Waals surface area contributed by atoms with Crippen LogP contribution in [0, 0.1) is 5.41 Å². The van der Waals surface area contributed by atoms with Gasteiger partial charge in [0.2, 0.25) is 0 Å². The minimum Gasteiger partial charge on any atom is -0.329 e. The Balaban J connectivity index is 2.06. The molecule has 2 N–H and O–H groups in total. The molecule has 0 aliphatic heterocycles. The Morgan fingerprint density at radius 3 is 2.30 bits per heavy atom. The Kier molecular flexibility index (Phi) is 5.27. The van der Waals surface area contributed by atoms with Crippen LogP contribution >= 0.6 is 15.9 Å². The van der Waals surface area contributed by atoms with Crippen molar-refractivity contribution >= 4 is 15.9 Å². The lowest BCUT2D eigenvalue weighted by Crippen LogP contribution is -2.41. The Bertz CT molecular complexity index is 417. The molecule has 1 aromatic rings. The maximum atomic E-state index is 6.05. The average molecular weight is 339 g/mol. The van der Waals surface area contributed by atoms with Crippen LogP contribution in [0.25, 0.3) is 0 Å². The predicted octanol–water partition coefficient (Wildman–Crippen LogP) is 4.35. The van der Waals surface area contributed by atoms with Gasteiger partial charge in [-0.15, -0.1) is 0 Å². The SMILES string of the molecule is CN(C1CCC(C)(C)CC1)C(CN)c1ccc(Br)cc1. The molecule has 1 aromatic carbocycles. The first-order chi connectivity index (χ1) is 9.43. The van der Waals surface area contributed by atoms with E-state index in [1.807, 2.05) is 0 Å². The molecule has 20 heavy (non-hydrogen) atoms. The number of halogens is 1. The molecular formula is C17H27BrN2. The predicted molar refractivity (Wildman–Crippen MR) is 89.7 cm³/mol. The van der Waals surface area contributed by atoms with Crippen molar-refractivity contribution in [2.45, 2.75) is 51.6 Å². The molecule has 0 amide bonds. The van der Waals surface area contributed by atoms with Crippen molar-refractivity contribution in [1.82, 2.24) is 4.90 Å². The normalized spacial score (nSPS) is 21.1. The average Bonchev–Trinajstić information content (AvgIpc) is 2.41. The van der Waals surface area contributed by atoms with Crippen LogP contribution in [0.4, 0.5) is 0 Å². The molecule has 112 valence electrons. The molecule has 1 unspecified atom stereocenters. The van der Waals surface area contributed by atoms with E-state index in [-0.39, 0.29) is 0 Å². The summed E-state index contributed by atoms with van der Waals surface area (Å²) in [4.78, 5) is 2.50. The fraction of sp³-hybridized carbons (Fsp3) is 0.647. The number of nitrogens with zero attached hydrogens (tertiary/aromatic N) is 1. The van der Waals surface area contributed by atoms with E-state index in [0.717, 1.165) is 4.47 Å². The van der Waals surface area contributed by atoms with Crippen molar-refractivity contribution in [2.24, 2.45) is 11.1 Å². The molecule has 0 saturated heterocycles. The Labute approximate surface area is 131 Å². The van der Waals surface area contributed by atoms with Gasteiger partial charge in [0.15, 0.2) is 0 Å². The van der Waals surface area contributed by atoms with Gasteiger partial charge in [0, 0.05) is 23.1 Å². The monoisotopic (exact) mass is 338 g/mol. The van der Waals surface area contributed by atoms with Crippen molar-refractivity contribution in [3.8, 4) is 0 Å². The molecular weight excluding hydrogens is 312 g/mol. The van der Waals surface area contributed by atoms with Crippen LogP contribution in [0.3, 0.4) is 0 Å². The first-order valence-electron chi connectivity index (χ1n) is 7.60. The van der Waals surface area contributed by atoms with E-state index >= 15 is 0 Å². The lowest BCUT2D eigenvalue weighted by Gasteiger charge is -2.41. The van der Waals surface area contributed by atoms with Gasteiger partial charge in [-0.3, -0.25) is 4.90 Å². The van der Waals surface area contributed by atoms with Crippen LogP contribution in [-0.2, 0) is 0 Å². The quantitative estimate of drug-likeness (QED) is 0.884. The standard InChI is InChI=1S/C17H27BrN2/c1-17(2)10-8-15(9-11-17)20(3)16(12-19)13-4-6-14(18)7-5-13/h4-7,15-16H,8-12,19H2,1-3H3. The van der Waals surface area contributed by atoms with Crippen molar-refractivity contribution in [3.63, 3.8) is 0 Å². The Morgan fingerprint density at radius 2 is 1.80 bits per heavy atom. The van der Waals surface area contributed by atoms with E-state index in [9.17, 15) is 0 Å². The molecule has 0 heterocycles. The highest BCUT2D eigenvalue weighted by Crippen LogP contribution is 2.38. The second-order valence-corrected chi connectivity index (χ2v) is 7.78. The number of rotatable bonds is 4. The third kappa shape index (κ3) is 3.84. The van der Waals surface area contributed by atoms with Gasteiger partial charge in [-0.1, -0.05) is 41.9 Å². The van der Waals surface area contributed by atoms with Crippen LogP contribution in [-0.4, -0.2) is 24.5 Å². The van der Waals surface area contributed by atoms with E-state index in [2.05, 4.69) is 66.0 Å². The maximum absolute atomic E-state index is 6.05. The molecule has 2 rings (SSSR count). The minimum absolute atomic E-state index is 0.328. The Morgan fingerprint density at radius 1 is 1.25 bits per heavy atom. The van der Waals surface area contributed by atoms with Crippen molar-refractivity contribution < 1.29 is 0 Å². The van der Waals surface area contributed by atoms with Gasteiger partial charge >= 0.3 is 0 Å². The van der Waals surface area contributed by atoms with E-state index in [1.54, 1.807) is 0 Å². The molecule has 1 aliphatic rings. The molecule has 1 saturated carbocycles. The summed E-state index contributed by atoms with van der Waals surface area (Å²) in [6.45, 7) is 5.45. The smallest absolute Gasteiger partial charge is 0.0470 e. The maximum Gasteiger partial charge on any atom is 0.0470 e. The third-order valence-electron chi connectivity index (χ3n) is 4.85. The second kappa shape index (κ2) is 6.59. The highest BCUT2D eigenvalue weighted by molar-refractivity contribution is 9.10. The summed E-state index contributed by atoms with van der Waals surface area (Å²) in [7, 11) is 2.24. The third-order valence-corrected chi connectivity index (χ3v) is 5.38. The number of likely N-dealkylation sites (N-methyl/N-ethyl adjacent to an activating group) is 1. The fourth-order valence-electron chi connectivity index (χ4n) is 3.27. The first-order valence-corrected chi connectivity index (χ1v) is 8.40. The molecule has 0 bridgehead atoms. The van der Waals surface area contributed by atoms with Gasteiger partial charge in [0.1, 0.15) is 0 Å². The topological polar surface area (TPSA) is 29.3 Å². The fourth-order valence-corrected chi connectivity index (χ4v) is 3.53. The zero-order valence-electron chi connectivity index (χ0n) is 12.9. The molecule has 1 aliphatic carbocycles. The van der Waals surface area contributed by atoms with Crippen LogP contribution in [0.1, 0.15) is 51.1 Å². The van der Waals surface area contributed by atoms with Crippen molar-refractivity contribution in [2.75, 3.05) is 13.6 Å². The molecule has 1 fully saturated rings. The molecule has 2 nitrogen and oxygen atoms in total. The van der Waals surface area contributed by atoms with Gasteiger partial charge in [0.05, 0.1) is 0 Å².